The summed E-state index contributed by atoms with van der Waals surface area (Å²) < 4.78 is 0. The van der Waals surface area contributed by atoms with Crippen LogP contribution in [-0.4, -0.2) is 50.2 Å². The lowest BCUT2D eigenvalue weighted by atomic mass is 9.97. The molecule has 0 spiro atoms. The molecule has 1 aliphatic rings. The summed E-state index contributed by atoms with van der Waals surface area (Å²) in [4.78, 5) is 9.45. The fourth-order valence-corrected chi connectivity index (χ4v) is 3.41. The smallest absolute Gasteiger partial charge is 0.0779 e. The second kappa shape index (κ2) is 7.77. The molecule has 0 saturated carbocycles. The van der Waals surface area contributed by atoms with Gasteiger partial charge in [0.05, 0.1) is 11.7 Å². The highest BCUT2D eigenvalue weighted by molar-refractivity contribution is 5.47. The second-order valence-electron chi connectivity index (χ2n) is 6.73. The summed E-state index contributed by atoms with van der Waals surface area (Å²) in [5.41, 5.74) is 4.99. The molecule has 0 radical (unpaired) electrons. The maximum absolute atomic E-state index is 4.75. The van der Waals surface area contributed by atoms with Crippen LogP contribution in [0.1, 0.15) is 29.3 Å². The fraction of sp³-hybridized carbons (Fsp3) is 0.450. The summed E-state index contributed by atoms with van der Waals surface area (Å²) in [5.74, 6) is 0. The zero-order chi connectivity index (χ0) is 16.9. The minimum Gasteiger partial charge on any atom is -0.378 e. The number of aromatic nitrogens is 1. The van der Waals surface area contributed by atoms with Gasteiger partial charge < -0.3 is 10.2 Å². The van der Waals surface area contributed by atoms with Gasteiger partial charge in [-0.25, -0.2) is 0 Å². The quantitative estimate of drug-likeness (QED) is 0.937. The van der Waals surface area contributed by atoms with E-state index in [0.29, 0.717) is 0 Å². The van der Waals surface area contributed by atoms with E-state index in [1.54, 1.807) is 0 Å². The first-order chi connectivity index (χ1) is 11.7. The average Bonchev–Trinajstić information content (AvgIpc) is 2.87. The fourth-order valence-electron chi connectivity index (χ4n) is 3.41. The molecule has 2 heterocycles. The molecule has 4 heteroatoms. The lowest BCUT2D eigenvalue weighted by molar-refractivity contribution is 0.236. The Balaban J connectivity index is 1.99. The molecule has 1 N–H and O–H groups in total. The minimum absolute atomic E-state index is 0.224. The van der Waals surface area contributed by atoms with Gasteiger partial charge in [0, 0.05) is 45.6 Å². The van der Waals surface area contributed by atoms with Crippen molar-refractivity contribution in [2.24, 2.45) is 0 Å². The van der Waals surface area contributed by atoms with Crippen LogP contribution in [0.4, 0.5) is 5.69 Å². The topological polar surface area (TPSA) is 31.4 Å². The van der Waals surface area contributed by atoms with E-state index in [1.165, 1.54) is 28.9 Å². The first-order valence-electron chi connectivity index (χ1n) is 8.80. The van der Waals surface area contributed by atoms with Gasteiger partial charge in [0.15, 0.2) is 0 Å². The van der Waals surface area contributed by atoms with Crippen LogP contribution in [0.15, 0.2) is 42.6 Å². The Morgan fingerprint density at radius 1 is 1.08 bits per heavy atom. The summed E-state index contributed by atoms with van der Waals surface area (Å²) in [6.07, 6.45) is 3.09. The lowest BCUT2D eigenvalue weighted by Crippen LogP contribution is -2.33. The monoisotopic (exact) mass is 324 g/mol. The Bertz CT molecular complexity index is 643. The molecule has 1 aromatic heterocycles. The van der Waals surface area contributed by atoms with E-state index in [1.807, 2.05) is 12.3 Å². The molecule has 0 aliphatic carbocycles. The van der Waals surface area contributed by atoms with Crippen molar-refractivity contribution >= 4 is 5.69 Å². The number of rotatable bonds is 4. The molecule has 1 aliphatic heterocycles. The summed E-state index contributed by atoms with van der Waals surface area (Å²) >= 11 is 0. The molecule has 128 valence electrons. The van der Waals surface area contributed by atoms with E-state index in [0.717, 1.165) is 26.2 Å². The van der Waals surface area contributed by atoms with Crippen LogP contribution < -0.4 is 10.2 Å². The molecule has 1 saturated heterocycles. The van der Waals surface area contributed by atoms with Crippen molar-refractivity contribution in [2.45, 2.75) is 19.4 Å². The van der Waals surface area contributed by atoms with Crippen molar-refractivity contribution in [3.8, 4) is 0 Å². The van der Waals surface area contributed by atoms with Crippen molar-refractivity contribution < 1.29 is 0 Å². The summed E-state index contributed by atoms with van der Waals surface area (Å²) in [5, 5.41) is 3.50. The zero-order valence-electron chi connectivity index (χ0n) is 15.0. The van der Waals surface area contributed by atoms with Gasteiger partial charge in [-0.2, -0.15) is 0 Å². The molecule has 1 fully saturated rings. The molecule has 0 amide bonds. The third kappa shape index (κ3) is 3.77. The predicted molar refractivity (Wildman–Crippen MR) is 101 cm³/mol. The molecule has 2 aromatic rings. The van der Waals surface area contributed by atoms with Crippen molar-refractivity contribution in [3.05, 3.63) is 59.4 Å². The maximum atomic E-state index is 4.75. The zero-order valence-corrected chi connectivity index (χ0v) is 15.0. The first-order valence-corrected chi connectivity index (χ1v) is 8.80. The standard InChI is InChI=1S/C20H28N4/c1-16-6-4-12-22-19(16)20(24-14-5-11-21-13-15-24)17-7-9-18(10-8-17)23(2)3/h4,6-10,12,20-21H,5,11,13-15H2,1-3H3. The van der Waals surface area contributed by atoms with Crippen LogP contribution in [0.2, 0.25) is 0 Å². The Morgan fingerprint density at radius 2 is 1.88 bits per heavy atom. The maximum Gasteiger partial charge on any atom is 0.0779 e. The Labute approximate surface area is 145 Å². The predicted octanol–water partition coefficient (Wildman–Crippen LogP) is 2.84. The van der Waals surface area contributed by atoms with E-state index in [-0.39, 0.29) is 6.04 Å². The third-order valence-corrected chi connectivity index (χ3v) is 4.77. The van der Waals surface area contributed by atoms with Crippen LogP contribution in [0.5, 0.6) is 0 Å². The highest BCUT2D eigenvalue weighted by Gasteiger charge is 2.25. The highest BCUT2D eigenvalue weighted by atomic mass is 15.2. The summed E-state index contributed by atoms with van der Waals surface area (Å²) in [6.45, 7) is 6.46. The van der Waals surface area contributed by atoms with Crippen molar-refractivity contribution in [3.63, 3.8) is 0 Å². The SMILES string of the molecule is Cc1cccnc1C(c1ccc(N(C)C)cc1)N1CCCNCC1. The van der Waals surface area contributed by atoms with E-state index >= 15 is 0 Å². The molecule has 1 unspecified atom stereocenters. The molecule has 4 nitrogen and oxygen atoms in total. The van der Waals surface area contributed by atoms with Gasteiger partial charge in [-0.1, -0.05) is 18.2 Å². The van der Waals surface area contributed by atoms with Crippen LogP contribution in [0.25, 0.3) is 0 Å². The number of hydrogen-bond acceptors (Lipinski definition) is 4. The van der Waals surface area contributed by atoms with Gasteiger partial charge >= 0.3 is 0 Å². The summed E-state index contributed by atoms with van der Waals surface area (Å²) in [6, 6.07) is 13.3. The minimum atomic E-state index is 0.224. The number of hydrogen-bond donors (Lipinski definition) is 1. The molecular formula is C20H28N4. The van der Waals surface area contributed by atoms with Gasteiger partial charge in [-0.05, 0) is 49.2 Å². The number of nitrogens with zero attached hydrogens (tertiary/aromatic N) is 3. The van der Waals surface area contributed by atoms with E-state index in [2.05, 4.69) is 66.5 Å². The van der Waals surface area contributed by atoms with Crippen molar-refractivity contribution in [1.82, 2.24) is 15.2 Å². The van der Waals surface area contributed by atoms with Crippen LogP contribution >= 0.6 is 0 Å². The van der Waals surface area contributed by atoms with Crippen molar-refractivity contribution in [2.75, 3.05) is 45.2 Å². The van der Waals surface area contributed by atoms with E-state index in [9.17, 15) is 0 Å². The molecule has 1 atom stereocenters. The van der Waals surface area contributed by atoms with E-state index in [4.69, 9.17) is 4.98 Å². The first kappa shape index (κ1) is 16.9. The van der Waals surface area contributed by atoms with Crippen molar-refractivity contribution in [1.29, 1.82) is 0 Å². The van der Waals surface area contributed by atoms with Crippen LogP contribution in [0, 0.1) is 6.92 Å². The normalized spacial score (nSPS) is 17.3. The third-order valence-electron chi connectivity index (χ3n) is 4.77. The van der Waals surface area contributed by atoms with Crippen LogP contribution in [0.3, 0.4) is 0 Å². The largest absolute Gasteiger partial charge is 0.378 e. The number of benzene rings is 1. The Morgan fingerprint density at radius 3 is 2.58 bits per heavy atom. The molecule has 0 bridgehead atoms. The van der Waals surface area contributed by atoms with E-state index < -0.39 is 0 Å². The molecular weight excluding hydrogens is 296 g/mol. The number of pyridine rings is 1. The summed E-state index contributed by atoms with van der Waals surface area (Å²) in [7, 11) is 4.16. The Kier molecular flexibility index (Phi) is 5.48. The molecule has 3 rings (SSSR count). The van der Waals surface area contributed by atoms with Gasteiger partial charge in [0.25, 0.3) is 0 Å². The van der Waals surface area contributed by atoms with Crippen LogP contribution in [-0.2, 0) is 0 Å². The second-order valence-corrected chi connectivity index (χ2v) is 6.73. The lowest BCUT2D eigenvalue weighted by Gasteiger charge is -2.31. The van der Waals surface area contributed by atoms with Gasteiger partial charge in [-0.3, -0.25) is 9.88 Å². The molecule has 1 aromatic carbocycles. The number of nitrogens with one attached hydrogen (secondary N) is 1. The Hall–Kier alpha value is -1.91. The van der Waals surface area contributed by atoms with Gasteiger partial charge in [-0.15, -0.1) is 0 Å². The van der Waals surface area contributed by atoms with Gasteiger partial charge in [0.1, 0.15) is 0 Å². The average molecular weight is 324 g/mol. The molecule has 24 heavy (non-hydrogen) atoms. The number of anilines is 1. The number of aryl methyl sites for hydroxylation is 1. The van der Waals surface area contributed by atoms with Gasteiger partial charge in [0.2, 0.25) is 0 Å². The highest BCUT2D eigenvalue weighted by Crippen LogP contribution is 2.30.